The molecule has 2 heterocycles. The van der Waals surface area contributed by atoms with Gasteiger partial charge in [0.05, 0.1) is 6.20 Å². The van der Waals surface area contributed by atoms with Gasteiger partial charge in [0.2, 0.25) is 0 Å². The van der Waals surface area contributed by atoms with Gasteiger partial charge in [0.15, 0.2) is 11.1 Å². The summed E-state index contributed by atoms with van der Waals surface area (Å²) in [5.74, 6) is -2.75. The van der Waals surface area contributed by atoms with E-state index in [0.717, 1.165) is 11.1 Å². The monoisotopic (exact) mass is 278 g/mol. The molecule has 1 saturated heterocycles. The van der Waals surface area contributed by atoms with Gasteiger partial charge in [-0.25, -0.2) is 0 Å². The van der Waals surface area contributed by atoms with Crippen LogP contribution in [-0.4, -0.2) is 56.6 Å². The first-order chi connectivity index (χ1) is 8.78. The van der Waals surface area contributed by atoms with Gasteiger partial charge in [-0.15, -0.1) is 0 Å². The fraction of sp³-hybridized carbons (Fsp3) is 0.556. The summed E-state index contributed by atoms with van der Waals surface area (Å²) < 4.78 is 38.7. The first-order valence-corrected chi connectivity index (χ1v) is 5.23. The Labute approximate surface area is 104 Å². The van der Waals surface area contributed by atoms with Crippen LogP contribution in [0.4, 0.5) is 13.2 Å². The quantitative estimate of drug-likeness (QED) is 0.809. The molecule has 0 aromatic carbocycles. The second-order valence-electron chi connectivity index (χ2n) is 4.22. The van der Waals surface area contributed by atoms with Crippen molar-refractivity contribution in [3.05, 3.63) is 11.9 Å². The van der Waals surface area contributed by atoms with Gasteiger partial charge in [-0.3, -0.25) is 9.59 Å². The maximum atomic E-state index is 12.9. The molecule has 1 amide bonds. The van der Waals surface area contributed by atoms with Crippen LogP contribution in [0.5, 0.6) is 0 Å². The molecule has 7 nitrogen and oxygen atoms in total. The van der Waals surface area contributed by atoms with E-state index < -0.39 is 36.4 Å². The Morgan fingerprint density at radius 3 is 2.58 bits per heavy atom. The number of aliphatic carboxylic acids is 1. The van der Waals surface area contributed by atoms with E-state index >= 15 is 0 Å². The molecule has 1 unspecified atom stereocenters. The number of carboxylic acids is 1. The third-order valence-corrected chi connectivity index (χ3v) is 3.14. The average molecular weight is 278 g/mol. The summed E-state index contributed by atoms with van der Waals surface area (Å²) in [5.41, 5.74) is -3.06. The first-order valence-electron chi connectivity index (χ1n) is 5.23. The number of nitrogens with zero attached hydrogens (tertiary/aromatic N) is 3. The van der Waals surface area contributed by atoms with Gasteiger partial charge in [-0.2, -0.15) is 28.6 Å². The molecule has 0 radical (unpaired) electrons. The molecule has 1 atom stereocenters. The fourth-order valence-electron chi connectivity index (χ4n) is 1.98. The number of aromatic amines is 1. The van der Waals surface area contributed by atoms with Crippen LogP contribution in [0.15, 0.2) is 6.20 Å². The number of H-pyrrole nitrogens is 1. The molecular weight excluding hydrogens is 269 g/mol. The number of likely N-dealkylation sites (tertiary alicyclic amines) is 1. The molecule has 1 fully saturated rings. The van der Waals surface area contributed by atoms with Crippen LogP contribution >= 0.6 is 0 Å². The van der Waals surface area contributed by atoms with Gasteiger partial charge in [0.25, 0.3) is 5.91 Å². The minimum atomic E-state index is -4.92. The van der Waals surface area contributed by atoms with Crippen molar-refractivity contribution in [1.29, 1.82) is 0 Å². The molecule has 2 rings (SSSR count). The SMILES string of the molecule is O=C(c1cn[nH]n1)N1CCC(C(=O)O)(C(F)(F)F)C1. The van der Waals surface area contributed by atoms with Crippen LogP contribution < -0.4 is 0 Å². The van der Waals surface area contributed by atoms with Crippen LogP contribution in [-0.2, 0) is 4.79 Å². The minimum Gasteiger partial charge on any atom is -0.481 e. The first kappa shape index (κ1) is 13.3. The highest BCUT2D eigenvalue weighted by atomic mass is 19.4. The lowest BCUT2D eigenvalue weighted by molar-refractivity contribution is -0.227. The van der Waals surface area contributed by atoms with Crippen LogP contribution in [0.25, 0.3) is 0 Å². The number of hydrogen-bond donors (Lipinski definition) is 2. The van der Waals surface area contributed by atoms with Crippen molar-refractivity contribution in [2.75, 3.05) is 13.1 Å². The Morgan fingerprint density at radius 1 is 1.47 bits per heavy atom. The van der Waals surface area contributed by atoms with E-state index in [9.17, 15) is 22.8 Å². The van der Waals surface area contributed by atoms with Crippen molar-refractivity contribution >= 4 is 11.9 Å². The van der Waals surface area contributed by atoms with E-state index in [2.05, 4.69) is 15.4 Å². The van der Waals surface area contributed by atoms with Gasteiger partial charge < -0.3 is 10.0 Å². The summed E-state index contributed by atoms with van der Waals surface area (Å²) in [4.78, 5) is 23.5. The largest absolute Gasteiger partial charge is 0.481 e. The summed E-state index contributed by atoms with van der Waals surface area (Å²) in [6.07, 6.45) is -4.52. The lowest BCUT2D eigenvalue weighted by Gasteiger charge is -2.26. The lowest BCUT2D eigenvalue weighted by atomic mass is 9.86. The average Bonchev–Trinajstić information content (AvgIpc) is 2.97. The van der Waals surface area contributed by atoms with E-state index in [1.54, 1.807) is 0 Å². The van der Waals surface area contributed by atoms with Crippen LogP contribution in [0, 0.1) is 5.41 Å². The highest BCUT2D eigenvalue weighted by Gasteiger charge is 2.64. The molecule has 0 bridgehead atoms. The topological polar surface area (TPSA) is 99.2 Å². The maximum absolute atomic E-state index is 12.9. The summed E-state index contributed by atoms with van der Waals surface area (Å²) >= 11 is 0. The summed E-state index contributed by atoms with van der Waals surface area (Å²) in [7, 11) is 0. The van der Waals surface area contributed by atoms with E-state index in [-0.39, 0.29) is 12.2 Å². The number of halogens is 3. The zero-order chi connectivity index (χ0) is 14.3. The van der Waals surface area contributed by atoms with Crippen LogP contribution in [0.1, 0.15) is 16.9 Å². The number of amides is 1. The molecule has 1 aliphatic rings. The number of aromatic nitrogens is 3. The number of nitrogens with one attached hydrogen (secondary N) is 1. The van der Waals surface area contributed by atoms with Gasteiger partial charge in [-0.1, -0.05) is 0 Å². The second kappa shape index (κ2) is 4.21. The van der Waals surface area contributed by atoms with Gasteiger partial charge in [0.1, 0.15) is 0 Å². The smallest absolute Gasteiger partial charge is 0.406 e. The molecule has 0 spiro atoms. The van der Waals surface area contributed by atoms with Crippen LogP contribution in [0.2, 0.25) is 0 Å². The number of alkyl halides is 3. The van der Waals surface area contributed by atoms with Crippen molar-refractivity contribution < 1.29 is 27.9 Å². The van der Waals surface area contributed by atoms with Crippen molar-refractivity contribution in [3.63, 3.8) is 0 Å². The maximum Gasteiger partial charge on any atom is 0.406 e. The zero-order valence-corrected chi connectivity index (χ0v) is 9.44. The summed E-state index contributed by atoms with van der Waals surface area (Å²) in [6, 6.07) is 0. The highest BCUT2D eigenvalue weighted by Crippen LogP contribution is 2.45. The number of carbonyl (C=O) groups is 2. The molecule has 10 heteroatoms. The zero-order valence-electron chi connectivity index (χ0n) is 9.44. The molecule has 104 valence electrons. The Bertz CT molecular complexity index is 501. The molecule has 0 saturated carbocycles. The summed E-state index contributed by atoms with van der Waals surface area (Å²) in [5, 5.41) is 17.8. The molecule has 19 heavy (non-hydrogen) atoms. The number of carbonyl (C=O) groups excluding carboxylic acids is 1. The Kier molecular flexibility index (Phi) is 2.95. The Hall–Kier alpha value is -2.13. The van der Waals surface area contributed by atoms with Crippen molar-refractivity contribution in [2.45, 2.75) is 12.6 Å². The second-order valence-corrected chi connectivity index (χ2v) is 4.22. The lowest BCUT2D eigenvalue weighted by Crippen LogP contribution is -2.47. The number of hydrogen-bond acceptors (Lipinski definition) is 4. The van der Waals surface area contributed by atoms with E-state index in [0.29, 0.717) is 0 Å². The van der Waals surface area contributed by atoms with Gasteiger partial charge in [0, 0.05) is 13.1 Å². The van der Waals surface area contributed by atoms with Crippen molar-refractivity contribution in [2.24, 2.45) is 5.41 Å². The Morgan fingerprint density at radius 2 is 2.16 bits per heavy atom. The third kappa shape index (κ3) is 2.02. The Balaban J connectivity index is 2.23. The van der Waals surface area contributed by atoms with Gasteiger partial charge in [-0.05, 0) is 6.42 Å². The highest BCUT2D eigenvalue weighted by molar-refractivity contribution is 5.93. The minimum absolute atomic E-state index is 0.150. The third-order valence-electron chi connectivity index (χ3n) is 3.14. The standard InChI is InChI=1S/C9H9F3N4O3/c10-9(11,12)8(7(18)19)1-2-16(4-8)6(17)5-3-13-15-14-5/h3H,1-2,4H2,(H,18,19)(H,13,14,15). The summed E-state index contributed by atoms with van der Waals surface area (Å²) in [6.45, 7) is -1.21. The van der Waals surface area contributed by atoms with E-state index in [1.165, 1.54) is 0 Å². The molecule has 1 aromatic rings. The van der Waals surface area contributed by atoms with E-state index in [1.807, 2.05) is 0 Å². The van der Waals surface area contributed by atoms with E-state index in [4.69, 9.17) is 5.11 Å². The fourth-order valence-corrected chi connectivity index (χ4v) is 1.98. The number of rotatable bonds is 2. The molecule has 1 aromatic heterocycles. The van der Waals surface area contributed by atoms with Crippen LogP contribution in [0.3, 0.4) is 0 Å². The van der Waals surface area contributed by atoms with Gasteiger partial charge >= 0.3 is 12.1 Å². The predicted octanol–water partition coefficient (Wildman–Crippen LogP) is 0.284. The predicted molar refractivity (Wildman–Crippen MR) is 53.0 cm³/mol. The molecule has 2 N–H and O–H groups in total. The number of carboxylic acid groups (broad SMARTS) is 1. The molecular formula is C9H9F3N4O3. The molecule has 1 aliphatic heterocycles. The van der Waals surface area contributed by atoms with Crippen molar-refractivity contribution in [1.82, 2.24) is 20.3 Å². The van der Waals surface area contributed by atoms with Crippen molar-refractivity contribution in [3.8, 4) is 0 Å². The molecule has 0 aliphatic carbocycles. The normalized spacial score (nSPS) is 23.6.